The third-order valence-corrected chi connectivity index (χ3v) is 4.72. The van der Waals surface area contributed by atoms with Crippen molar-refractivity contribution in [2.24, 2.45) is 5.92 Å². The van der Waals surface area contributed by atoms with E-state index in [1.165, 1.54) is 35.1 Å². The summed E-state index contributed by atoms with van der Waals surface area (Å²) < 4.78 is 1.17. The van der Waals surface area contributed by atoms with Gasteiger partial charge >= 0.3 is 0 Å². The first-order chi connectivity index (χ1) is 8.11. The first kappa shape index (κ1) is 13.4. The number of nitrogens with zero attached hydrogens (tertiary/aromatic N) is 1. The van der Waals surface area contributed by atoms with Crippen molar-refractivity contribution in [3.8, 4) is 0 Å². The summed E-state index contributed by atoms with van der Waals surface area (Å²) in [4.78, 5) is 2.56. The van der Waals surface area contributed by atoms with Gasteiger partial charge in [0.25, 0.3) is 0 Å². The zero-order valence-corrected chi connectivity index (χ0v) is 13.6. The van der Waals surface area contributed by atoms with Crippen LogP contribution in [-0.4, -0.2) is 12.6 Å². The van der Waals surface area contributed by atoms with Crippen LogP contribution < -0.4 is 4.90 Å². The van der Waals surface area contributed by atoms with Crippen LogP contribution in [-0.2, 0) is 5.33 Å². The van der Waals surface area contributed by atoms with E-state index in [1.807, 2.05) is 0 Å². The summed E-state index contributed by atoms with van der Waals surface area (Å²) in [6.07, 6.45) is 2.66. The van der Waals surface area contributed by atoms with Gasteiger partial charge in [0.2, 0.25) is 0 Å². The zero-order chi connectivity index (χ0) is 12.4. The lowest BCUT2D eigenvalue weighted by molar-refractivity contribution is 0.390. The normalized spacial score (nSPS) is 25.1. The van der Waals surface area contributed by atoms with E-state index in [0.717, 1.165) is 11.2 Å². The quantitative estimate of drug-likeness (QED) is 0.673. The summed E-state index contributed by atoms with van der Waals surface area (Å²) in [5.41, 5.74) is 2.77. The van der Waals surface area contributed by atoms with Crippen LogP contribution in [0, 0.1) is 5.92 Å². The monoisotopic (exact) mass is 359 g/mol. The highest BCUT2D eigenvalue weighted by molar-refractivity contribution is 9.10. The van der Waals surface area contributed by atoms with Gasteiger partial charge in [-0.3, -0.25) is 0 Å². The van der Waals surface area contributed by atoms with Gasteiger partial charge in [0.05, 0.1) is 0 Å². The second-order valence-electron chi connectivity index (χ2n) is 5.09. The Labute approximate surface area is 121 Å². The average molecular weight is 361 g/mol. The predicted molar refractivity (Wildman–Crippen MR) is 82.0 cm³/mol. The van der Waals surface area contributed by atoms with Crippen molar-refractivity contribution in [1.29, 1.82) is 0 Å². The Kier molecular flexibility index (Phi) is 4.53. The molecule has 1 aliphatic heterocycles. The maximum absolute atomic E-state index is 3.59. The van der Waals surface area contributed by atoms with Crippen LogP contribution in [0.4, 0.5) is 5.69 Å². The van der Waals surface area contributed by atoms with Crippen LogP contribution in [0.1, 0.15) is 32.3 Å². The molecule has 0 amide bonds. The number of piperidine rings is 1. The Balaban J connectivity index is 2.33. The van der Waals surface area contributed by atoms with Crippen LogP contribution >= 0.6 is 31.9 Å². The molecule has 1 fully saturated rings. The summed E-state index contributed by atoms with van der Waals surface area (Å²) >= 11 is 7.18. The van der Waals surface area contributed by atoms with E-state index in [0.29, 0.717) is 6.04 Å². The minimum atomic E-state index is 0.651. The molecule has 1 aliphatic rings. The van der Waals surface area contributed by atoms with E-state index < -0.39 is 0 Å². The van der Waals surface area contributed by atoms with Gasteiger partial charge in [-0.2, -0.15) is 0 Å². The van der Waals surface area contributed by atoms with Gasteiger partial charge < -0.3 is 4.90 Å². The van der Waals surface area contributed by atoms with Gasteiger partial charge in [-0.25, -0.2) is 0 Å². The van der Waals surface area contributed by atoms with Crippen molar-refractivity contribution in [3.63, 3.8) is 0 Å². The Morgan fingerprint density at radius 2 is 2.06 bits per heavy atom. The molecule has 0 spiro atoms. The highest BCUT2D eigenvalue weighted by atomic mass is 79.9. The van der Waals surface area contributed by atoms with E-state index in [-0.39, 0.29) is 0 Å². The fourth-order valence-corrected chi connectivity index (χ4v) is 3.36. The molecule has 1 heterocycles. The van der Waals surface area contributed by atoms with E-state index >= 15 is 0 Å². The van der Waals surface area contributed by atoms with Gasteiger partial charge in [-0.05, 0) is 43.4 Å². The first-order valence-electron chi connectivity index (χ1n) is 6.23. The predicted octanol–water partition coefficient (Wildman–Crippen LogP) is 4.97. The summed E-state index contributed by atoms with van der Waals surface area (Å²) in [6.45, 7) is 5.87. The fourth-order valence-electron chi connectivity index (χ4n) is 2.54. The minimum Gasteiger partial charge on any atom is -0.368 e. The molecule has 0 N–H and O–H groups in total. The highest BCUT2D eigenvalue weighted by Gasteiger charge is 2.24. The standard InChI is InChI=1S/C14H19Br2N/c1-10-3-4-11(2)17(9-10)14-7-13(16)6-5-12(14)8-15/h5-7,10-11H,3-4,8-9H2,1-2H3. The van der Waals surface area contributed by atoms with Crippen LogP contribution in [0.15, 0.2) is 22.7 Å². The van der Waals surface area contributed by atoms with Gasteiger partial charge in [0.15, 0.2) is 0 Å². The van der Waals surface area contributed by atoms with Gasteiger partial charge in [0.1, 0.15) is 0 Å². The lowest BCUT2D eigenvalue weighted by Crippen LogP contribution is -2.41. The summed E-state index contributed by atoms with van der Waals surface area (Å²) in [5.74, 6) is 0.799. The largest absolute Gasteiger partial charge is 0.368 e. The molecule has 0 aliphatic carbocycles. The van der Waals surface area contributed by atoms with Crippen LogP contribution in [0.2, 0.25) is 0 Å². The van der Waals surface area contributed by atoms with Crippen LogP contribution in [0.3, 0.4) is 0 Å². The topological polar surface area (TPSA) is 3.24 Å². The summed E-state index contributed by atoms with van der Waals surface area (Å²) in [7, 11) is 0. The van der Waals surface area contributed by atoms with Gasteiger partial charge in [0, 0.05) is 28.1 Å². The van der Waals surface area contributed by atoms with Gasteiger partial charge in [-0.1, -0.05) is 44.8 Å². The van der Waals surface area contributed by atoms with E-state index in [9.17, 15) is 0 Å². The van der Waals surface area contributed by atoms with E-state index in [4.69, 9.17) is 0 Å². The number of anilines is 1. The number of benzene rings is 1. The molecule has 0 aromatic heterocycles. The molecule has 2 unspecified atom stereocenters. The summed E-state index contributed by atoms with van der Waals surface area (Å²) in [5, 5.41) is 0.924. The third kappa shape index (κ3) is 3.05. The third-order valence-electron chi connectivity index (χ3n) is 3.62. The molecule has 0 radical (unpaired) electrons. The molecular formula is C14H19Br2N. The van der Waals surface area contributed by atoms with Gasteiger partial charge in [-0.15, -0.1) is 0 Å². The molecule has 0 bridgehead atoms. The number of halogens is 2. The molecule has 2 atom stereocenters. The number of hydrogen-bond donors (Lipinski definition) is 0. The second kappa shape index (κ2) is 5.75. The van der Waals surface area contributed by atoms with Crippen molar-refractivity contribution in [2.75, 3.05) is 11.4 Å². The Morgan fingerprint density at radius 3 is 2.76 bits per heavy atom. The highest BCUT2D eigenvalue weighted by Crippen LogP contribution is 2.33. The molecular weight excluding hydrogens is 342 g/mol. The SMILES string of the molecule is CC1CCC(C)N(c2cc(Br)ccc2CBr)C1. The Hall–Kier alpha value is -0.0200. The summed E-state index contributed by atoms with van der Waals surface area (Å²) in [6, 6.07) is 7.24. The second-order valence-corrected chi connectivity index (χ2v) is 6.57. The van der Waals surface area contributed by atoms with Crippen LogP contribution in [0.25, 0.3) is 0 Å². The van der Waals surface area contributed by atoms with Crippen molar-refractivity contribution >= 4 is 37.5 Å². The lowest BCUT2D eigenvalue weighted by Gasteiger charge is -2.39. The molecule has 1 aromatic rings. The van der Waals surface area contributed by atoms with Crippen molar-refractivity contribution in [1.82, 2.24) is 0 Å². The van der Waals surface area contributed by atoms with E-state index in [1.54, 1.807) is 0 Å². The maximum Gasteiger partial charge on any atom is 0.0421 e. The molecule has 17 heavy (non-hydrogen) atoms. The Morgan fingerprint density at radius 1 is 1.29 bits per heavy atom. The van der Waals surface area contributed by atoms with E-state index in [2.05, 4.69) is 68.8 Å². The number of alkyl halides is 1. The maximum atomic E-state index is 3.59. The van der Waals surface area contributed by atoms with Crippen molar-refractivity contribution in [3.05, 3.63) is 28.2 Å². The molecule has 2 rings (SSSR count). The minimum absolute atomic E-state index is 0.651. The lowest BCUT2D eigenvalue weighted by atomic mass is 9.94. The van der Waals surface area contributed by atoms with Crippen LogP contribution in [0.5, 0.6) is 0 Å². The smallest absolute Gasteiger partial charge is 0.0421 e. The number of hydrogen-bond acceptors (Lipinski definition) is 1. The fraction of sp³-hybridized carbons (Fsp3) is 0.571. The van der Waals surface area contributed by atoms with Crippen molar-refractivity contribution < 1.29 is 0 Å². The first-order valence-corrected chi connectivity index (χ1v) is 8.14. The average Bonchev–Trinajstić information content (AvgIpc) is 2.32. The molecule has 1 aromatic carbocycles. The molecule has 0 saturated carbocycles. The zero-order valence-electron chi connectivity index (χ0n) is 10.4. The molecule has 3 heteroatoms. The molecule has 1 nitrogen and oxygen atoms in total. The Bertz CT molecular complexity index is 392. The molecule has 1 saturated heterocycles. The molecule has 94 valence electrons. The van der Waals surface area contributed by atoms with Crippen molar-refractivity contribution in [2.45, 2.75) is 38.1 Å². The number of rotatable bonds is 2.